The Morgan fingerprint density at radius 1 is 1.64 bits per heavy atom. The average Bonchev–Trinajstić information content (AvgIpc) is 2.59. The third-order valence-electron chi connectivity index (χ3n) is 2.08. The van der Waals surface area contributed by atoms with Gasteiger partial charge in [-0.15, -0.1) is 0 Å². The van der Waals surface area contributed by atoms with Gasteiger partial charge >= 0.3 is 0 Å². The summed E-state index contributed by atoms with van der Waals surface area (Å²) in [5.74, 6) is 0.470. The summed E-state index contributed by atoms with van der Waals surface area (Å²) in [6.07, 6.45) is 2.22. The van der Waals surface area contributed by atoms with Gasteiger partial charge in [0.2, 0.25) is 0 Å². The van der Waals surface area contributed by atoms with Gasteiger partial charge in [-0.05, 0) is 6.42 Å². The quantitative estimate of drug-likeness (QED) is 0.768. The van der Waals surface area contributed by atoms with Gasteiger partial charge in [0.1, 0.15) is 5.00 Å². The number of thiazole rings is 1. The van der Waals surface area contributed by atoms with E-state index in [1.807, 2.05) is 0 Å². The third-order valence-corrected chi connectivity index (χ3v) is 4.61. The Bertz CT molecular complexity index is 426. The Hall–Kier alpha value is -0.820. The largest absolute Gasteiger partial charge is 0.389 e. The summed E-state index contributed by atoms with van der Waals surface area (Å²) in [6, 6.07) is -0.00875. The molecule has 7 heteroatoms. The zero-order valence-corrected chi connectivity index (χ0v) is 9.07. The molecule has 1 aliphatic heterocycles. The number of anilines is 2. The SMILES string of the molecule is Nc1cnc(NC2CCS(=O)(=O)C2)s1. The molecule has 0 spiro atoms. The molecule has 1 atom stereocenters. The highest BCUT2D eigenvalue weighted by Crippen LogP contribution is 2.23. The van der Waals surface area contributed by atoms with E-state index in [9.17, 15) is 8.42 Å². The Balaban J connectivity index is 2.00. The van der Waals surface area contributed by atoms with Gasteiger partial charge in [0, 0.05) is 6.04 Å². The lowest BCUT2D eigenvalue weighted by atomic mass is 10.3. The molecule has 0 amide bonds. The molecule has 2 heterocycles. The molecule has 0 radical (unpaired) electrons. The normalized spacial score (nSPS) is 25.0. The number of rotatable bonds is 2. The van der Waals surface area contributed by atoms with Crippen molar-refractivity contribution in [3.8, 4) is 0 Å². The lowest BCUT2D eigenvalue weighted by molar-refractivity contribution is 0.602. The van der Waals surface area contributed by atoms with Crippen LogP contribution < -0.4 is 11.1 Å². The first-order chi connectivity index (χ1) is 6.55. The van der Waals surface area contributed by atoms with Crippen molar-refractivity contribution in [2.24, 2.45) is 0 Å². The van der Waals surface area contributed by atoms with Crippen LogP contribution in [-0.2, 0) is 9.84 Å². The molecule has 0 bridgehead atoms. The van der Waals surface area contributed by atoms with Crippen LogP contribution in [0.2, 0.25) is 0 Å². The van der Waals surface area contributed by atoms with E-state index in [0.29, 0.717) is 16.6 Å². The lowest BCUT2D eigenvalue weighted by Gasteiger charge is -2.07. The monoisotopic (exact) mass is 233 g/mol. The lowest BCUT2D eigenvalue weighted by Crippen LogP contribution is -2.20. The Labute approximate surface area is 86.3 Å². The highest BCUT2D eigenvalue weighted by atomic mass is 32.2. The zero-order chi connectivity index (χ0) is 10.2. The molecule has 1 aromatic heterocycles. The standard InChI is InChI=1S/C7H11N3O2S2/c8-6-3-9-7(13-6)10-5-1-2-14(11,12)4-5/h3,5H,1-2,4,8H2,(H,9,10). The van der Waals surface area contributed by atoms with E-state index in [-0.39, 0.29) is 17.5 Å². The summed E-state index contributed by atoms with van der Waals surface area (Å²) in [7, 11) is -2.83. The predicted molar refractivity (Wildman–Crippen MR) is 57.2 cm³/mol. The Kier molecular flexibility index (Phi) is 2.36. The van der Waals surface area contributed by atoms with Gasteiger partial charge in [-0.25, -0.2) is 13.4 Å². The van der Waals surface area contributed by atoms with E-state index in [1.165, 1.54) is 11.3 Å². The first-order valence-corrected chi connectivity index (χ1v) is 6.87. The van der Waals surface area contributed by atoms with Crippen LogP contribution in [0.5, 0.6) is 0 Å². The summed E-state index contributed by atoms with van der Waals surface area (Å²) < 4.78 is 22.3. The van der Waals surface area contributed by atoms with Crippen LogP contribution >= 0.6 is 11.3 Å². The molecule has 78 valence electrons. The number of nitrogens with zero attached hydrogens (tertiary/aromatic N) is 1. The van der Waals surface area contributed by atoms with Crippen LogP contribution in [0.15, 0.2) is 6.20 Å². The fourth-order valence-corrected chi connectivity index (χ4v) is 3.77. The minimum Gasteiger partial charge on any atom is -0.389 e. The average molecular weight is 233 g/mol. The van der Waals surface area contributed by atoms with Gasteiger partial charge in [0.15, 0.2) is 15.0 Å². The minimum atomic E-state index is -2.83. The minimum absolute atomic E-state index is 0.00875. The van der Waals surface area contributed by atoms with Crippen LogP contribution in [0.25, 0.3) is 0 Å². The smallest absolute Gasteiger partial charge is 0.184 e. The molecule has 1 unspecified atom stereocenters. The first-order valence-electron chi connectivity index (χ1n) is 4.23. The maximum Gasteiger partial charge on any atom is 0.184 e. The van der Waals surface area contributed by atoms with Crippen molar-refractivity contribution >= 4 is 31.3 Å². The van der Waals surface area contributed by atoms with Crippen LogP contribution in [0.4, 0.5) is 10.1 Å². The molecule has 1 aliphatic rings. The number of nitrogen functional groups attached to an aromatic ring is 1. The van der Waals surface area contributed by atoms with E-state index in [2.05, 4.69) is 10.3 Å². The fourth-order valence-electron chi connectivity index (χ4n) is 1.44. The number of nitrogens with two attached hydrogens (primary N) is 1. The molecule has 0 saturated carbocycles. The van der Waals surface area contributed by atoms with E-state index < -0.39 is 9.84 Å². The van der Waals surface area contributed by atoms with Gasteiger partial charge in [-0.1, -0.05) is 11.3 Å². The van der Waals surface area contributed by atoms with Crippen molar-refractivity contribution in [1.29, 1.82) is 0 Å². The molecule has 1 saturated heterocycles. The predicted octanol–water partition coefficient (Wildman–Crippen LogP) is 0.324. The van der Waals surface area contributed by atoms with E-state index in [4.69, 9.17) is 5.73 Å². The van der Waals surface area contributed by atoms with E-state index in [1.54, 1.807) is 6.20 Å². The highest BCUT2D eigenvalue weighted by molar-refractivity contribution is 7.91. The second-order valence-corrected chi connectivity index (χ2v) is 6.60. The van der Waals surface area contributed by atoms with Gasteiger partial charge < -0.3 is 11.1 Å². The summed E-state index contributed by atoms with van der Waals surface area (Å²) in [5.41, 5.74) is 5.50. The number of hydrogen-bond acceptors (Lipinski definition) is 6. The molecule has 5 nitrogen and oxygen atoms in total. The van der Waals surface area contributed by atoms with Gasteiger partial charge in [-0.3, -0.25) is 0 Å². The second kappa shape index (κ2) is 3.39. The molecule has 0 aromatic carbocycles. The first kappa shape index (κ1) is 9.72. The van der Waals surface area contributed by atoms with Crippen LogP contribution in [0.1, 0.15) is 6.42 Å². The Morgan fingerprint density at radius 3 is 2.93 bits per heavy atom. The molecule has 1 aromatic rings. The molecule has 2 rings (SSSR count). The number of sulfone groups is 1. The van der Waals surface area contributed by atoms with Crippen molar-refractivity contribution < 1.29 is 8.42 Å². The van der Waals surface area contributed by atoms with Gasteiger partial charge in [0.25, 0.3) is 0 Å². The summed E-state index contributed by atoms with van der Waals surface area (Å²) in [5, 5.41) is 4.40. The summed E-state index contributed by atoms with van der Waals surface area (Å²) >= 11 is 1.34. The maximum absolute atomic E-state index is 11.2. The molecular formula is C7H11N3O2S2. The maximum atomic E-state index is 11.2. The van der Waals surface area contributed by atoms with Crippen molar-refractivity contribution in [3.05, 3.63) is 6.20 Å². The topological polar surface area (TPSA) is 85.1 Å². The molecule has 14 heavy (non-hydrogen) atoms. The van der Waals surface area contributed by atoms with Crippen LogP contribution in [0.3, 0.4) is 0 Å². The van der Waals surface area contributed by atoms with Crippen LogP contribution in [0, 0.1) is 0 Å². The van der Waals surface area contributed by atoms with Crippen molar-refractivity contribution in [3.63, 3.8) is 0 Å². The Morgan fingerprint density at radius 2 is 2.43 bits per heavy atom. The summed E-state index contributed by atoms with van der Waals surface area (Å²) in [4.78, 5) is 4.01. The highest BCUT2D eigenvalue weighted by Gasteiger charge is 2.28. The molecule has 3 N–H and O–H groups in total. The van der Waals surface area contributed by atoms with Crippen molar-refractivity contribution in [2.75, 3.05) is 22.6 Å². The fraction of sp³-hybridized carbons (Fsp3) is 0.571. The van der Waals surface area contributed by atoms with Crippen molar-refractivity contribution in [1.82, 2.24) is 4.98 Å². The third kappa shape index (κ3) is 2.16. The number of aromatic nitrogens is 1. The molecule has 0 aliphatic carbocycles. The second-order valence-electron chi connectivity index (χ2n) is 3.31. The summed E-state index contributed by atoms with van der Waals surface area (Å²) in [6.45, 7) is 0. The van der Waals surface area contributed by atoms with Crippen molar-refractivity contribution in [2.45, 2.75) is 12.5 Å². The zero-order valence-electron chi connectivity index (χ0n) is 7.43. The van der Waals surface area contributed by atoms with Gasteiger partial charge in [-0.2, -0.15) is 0 Å². The molecule has 1 fully saturated rings. The van der Waals surface area contributed by atoms with Gasteiger partial charge in [0.05, 0.1) is 17.7 Å². The number of hydrogen-bond donors (Lipinski definition) is 2. The number of nitrogens with one attached hydrogen (secondary N) is 1. The molecular weight excluding hydrogens is 222 g/mol. The van der Waals surface area contributed by atoms with E-state index >= 15 is 0 Å². The van der Waals surface area contributed by atoms with E-state index in [0.717, 1.165) is 0 Å². The van der Waals surface area contributed by atoms with Crippen LogP contribution in [-0.4, -0.2) is 30.9 Å².